The summed E-state index contributed by atoms with van der Waals surface area (Å²) in [6.45, 7) is 4.34. The average Bonchev–Trinajstić information content (AvgIpc) is 3.25. The number of thiazole rings is 1. The topological polar surface area (TPSA) is 100 Å². The molecule has 1 saturated heterocycles. The fourth-order valence-corrected chi connectivity index (χ4v) is 3.90. The maximum atomic E-state index is 11.9. The first-order chi connectivity index (χ1) is 13.2. The highest BCUT2D eigenvalue weighted by molar-refractivity contribution is 7.15. The van der Waals surface area contributed by atoms with Gasteiger partial charge in [0.2, 0.25) is 0 Å². The van der Waals surface area contributed by atoms with Gasteiger partial charge in [-0.3, -0.25) is 5.32 Å². The SMILES string of the molecule is Cc1cnc(NC(=O)NCC2CN(c3ccc4nnc(C5CC5)n4n3)C2)s1. The van der Waals surface area contributed by atoms with Crippen molar-refractivity contribution in [1.82, 2.24) is 30.1 Å². The Morgan fingerprint density at radius 1 is 1.30 bits per heavy atom. The van der Waals surface area contributed by atoms with Gasteiger partial charge in [-0.05, 0) is 31.9 Å². The zero-order valence-corrected chi connectivity index (χ0v) is 15.7. The summed E-state index contributed by atoms with van der Waals surface area (Å²) in [6, 6.07) is 3.75. The molecule has 2 aliphatic rings. The van der Waals surface area contributed by atoms with E-state index in [1.807, 2.05) is 23.6 Å². The maximum Gasteiger partial charge on any atom is 0.321 e. The monoisotopic (exact) mass is 384 g/mol. The molecule has 27 heavy (non-hydrogen) atoms. The van der Waals surface area contributed by atoms with E-state index >= 15 is 0 Å². The van der Waals surface area contributed by atoms with Crippen LogP contribution >= 0.6 is 11.3 Å². The quantitative estimate of drug-likeness (QED) is 0.698. The van der Waals surface area contributed by atoms with E-state index in [9.17, 15) is 4.79 Å². The van der Waals surface area contributed by atoms with Crippen LogP contribution in [0.1, 0.15) is 29.5 Å². The molecule has 5 rings (SSSR count). The summed E-state index contributed by atoms with van der Waals surface area (Å²) in [5.74, 6) is 2.83. The van der Waals surface area contributed by atoms with Crippen molar-refractivity contribution in [1.29, 1.82) is 0 Å². The number of hydrogen-bond donors (Lipinski definition) is 2. The minimum Gasteiger partial charge on any atom is -0.354 e. The fourth-order valence-electron chi connectivity index (χ4n) is 3.24. The minimum atomic E-state index is -0.207. The van der Waals surface area contributed by atoms with Crippen molar-refractivity contribution in [2.75, 3.05) is 29.9 Å². The first kappa shape index (κ1) is 16.4. The van der Waals surface area contributed by atoms with Crippen molar-refractivity contribution in [3.8, 4) is 0 Å². The molecule has 0 bridgehead atoms. The lowest BCUT2D eigenvalue weighted by Gasteiger charge is -2.40. The molecule has 3 aromatic heterocycles. The van der Waals surface area contributed by atoms with Crippen LogP contribution in [-0.2, 0) is 0 Å². The fraction of sp³-hybridized carbons (Fsp3) is 0.471. The Labute approximate surface area is 159 Å². The van der Waals surface area contributed by atoms with Crippen LogP contribution in [0.3, 0.4) is 0 Å². The highest BCUT2D eigenvalue weighted by Crippen LogP contribution is 2.38. The van der Waals surface area contributed by atoms with Crippen molar-refractivity contribution in [3.05, 3.63) is 29.0 Å². The Balaban J connectivity index is 1.14. The third kappa shape index (κ3) is 3.32. The Morgan fingerprint density at radius 2 is 2.15 bits per heavy atom. The summed E-state index contributed by atoms with van der Waals surface area (Å²) in [7, 11) is 0. The number of nitrogens with one attached hydrogen (secondary N) is 2. The summed E-state index contributed by atoms with van der Waals surface area (Å²) in [6.07, 6.45) is 4.10. The molecule has 1 aliphatic heterocycles. The lowest BCUT2D eigenvalue weighted by Crippen LogP contribution is -2.52. The summed E-state index contributed by atoms with van der Waals surface area (Å²) < 4.78 is 1.88. The van der Waals surface area contributed by atoms with Crippen LogP contribution in [-0.4, -0.2) is 50.5 Å². The molecule has 10 heteroatoms. The number of nitrogens with zero attached hydrogens (tertiary/aromatic N) is 6. The first-order valence-corrected chi connectivity index (χ1v) is 9.92. The standard InChI is InChI=1S/C17H20N8OS/c1-10-6-19-17(27-10)20-16(26)18-7-11-8-24(9-11)14-5-4-13-21-22-15(12-2-3-12)25(13)23-14/h4-6,11-12H,2-3,7-9H2,1H3,(H2,18,19,20,26). The van der Waals surface area contributed by atoms with E-state index in [0.717, 1.165) is 35.3 Å². The Bertz CT molecular complexity index is 988. The maximum absolute atomic E-state index is 11.9. The predicted octanol–water partition coefficient (Wildman–Crippen LogP) is 2.02. The Kier molecular flexibility index (Phi) is 3.92. The van der Waals surface area contributed by atoms with E-state index < -0.39 is 0 Å². The second-order valence-corrected chi connectivity index (χ2v) is 8.41. The highest BCUT2D eigenvalue weighted by atomic mass is 32.1. The van der Waals surface area contributed by atoms with Gasteiger partial charge in [0.05, 0.1) is 0 Å². The zero-order chi connectivity index (χ0) is 18.4. The number of rotatable bonds is 5. The van der Waals surface area contributed by atoms with E-state index in [-0.39, 0.29) is 6.03 Å². The zero-order valence-electron chi connectivity index (χ0n) is 14.9. The van der Waals surface area contributed by atoms with E-state index in [1.165, 1.54) is 24.2 Å². The molecule has 0 aromatic carbocycles. The number of carbonyl (C=O) groups excluding carboxylic acids is 1. The minimum absolute atomic E-state index is 0.207. The molecule has 2 N–H and O–H groups in total. The van der Waals surface area contributed by atoms with Gasteiger partial charge in [-0.15, -0.1) is 26.6 Å². The lowest BCUT2D eigenvalue weighted by molar-refractivity contribution is 0.248. The van der Waals surface area contributed by atoms with Crippen LogP contribution in [0.15, 0.2) is 18.3 Å². The molecule has 2 fully saturated rings. The van der Waals surface area contributed by atoms with Gasteiger partial charge >= 0.3 is 6.03 Å². The summed E-state index contributed by atoms with van der Waals surface area (Å²) in [4.78, 5) is 19.4. The van der Waals surface area contributed by atoms with Gasteiger partial charge in [-0.2, -0.15) is 4.52 Å². The van der Waals surface area contributed by atoms with Gasteiger partial charge in [0.15, 0.2) is 16.6 Å². The number of hydrogen-bond acceptors (Lipinski definition) is 7. The molecular weight excluding hydrogens is 364 g/mol. The molecular formula is C17H20N8OS. The van der Waals surface area contributed by atoms with Crippen LogP contribution in [0.2, 0.25) is 0 Å². The summed E-state index contributed by atoms with van der Waals surface area (Å²) >= 11 is 1.46. The molecule has 3 aromatic rings. The molecule has 1 saturated carbocycles. The Hall–Kier alpha value is -2.75. The molecule has 9 nitrogen and oxygen atoms in total. The van der Waals surface area contributed by atoms with Gasteiger partial charge in [-0.1, -0.05) is 0 Å². The molecule has 140 valence electrons. The van der Waals surface area contributed by atoms with Crippen LogP contribution in [0.5, 0.6) is 0 Å². The number of amides is 2. The predicted molar refractivity (Wildman–Crippen MR) is 102 cm³/mol. The second kappa shape index (κ2) is 6.45. The Morgan fingerprint density at radius 3 is 2.89 bits per heavy atom. The average molecular weight is 384 g/mol. The molecule has 0 atom stereocenters. The second-order valence-electron chi connectivity index (χ2n) is 7.18. The van der Waals surface area contributed by atoms with Crippen LogP contribution in [0.25, 0.3) is 5.65 Å². The molecule has 0 spiro atoms. The number of carbonyl (C=O) groups is 1. The van der Waals surface area contributed by atoms with Gasteiger partial charge in [-0.25, -0.2) is 9.78 Å². The first-order valence-electron chi connectivity index (χ1n) is 9.10. The van der Waals surface area contributed by atoms with Crippen LogP contribution in [0, 0.1) is 12.8 Å². The number of urea groups is 1. The van der Waals surface area contributed by atoms with Crippen molar-refractivity contribution in [3.63, 3.8) is 0 Å². The molecule has 4 heterocycles. The number of aryl methyl sites for hydroxylation is 1. The van der Waals surface area contributed by atoms with E-state index in [1.54, 1.807) is 6.20 Å². The number of anilines is 2. The lowest BCUT2D eigenvalue weighted by atomic mass is 10.0. The van der Waals surface area contributed by atoms with Gasteiger partial charge < -0.3 is 10.2 Å². The van der Waals surface area contributed by atoms with E-state index in [0.29, 0.717) is 23.5 Å². The van der Waals surface area contributed by atoms with Gasteiger partial charge in [0.1, 0.15) is 5.82 Å². The molecule has 1 aliphatic carbocycles. The molecule has 0 radical (unpaired) electrons. The smallest absolute Gasteiger partial charge is 0.321 e. The molecule has 0 unspecified atom stereocenters. The highest BCUT2D eigenvalue weighted by Gasteiger charge is 2.31. The van der Waals surface area contributed by atoms with Gasteiger partial charge in [0.25, 0.3) is 0 Å². The van der Waals surface area contributed by atoms with Crippen molar-refractivity contribution in [2.24, 2.45) is 5.92 Å². The third-order valence-corrected chi connectivity index (χ3v) is 5.72. The normalized spacial score (nSPS) is 17.1. The van der Waals surface area contributed by atoms with Crippen molar-refractivity contribution < 1.29 is 4.79 Å². The number of aromatic nitrogens is 5. The van der Waals surface area contributed by atoms with E-state index in [4.69, 9.17) is 5.10 Å². The summed E-state index contributed by atoms with van der Waals surface area (Å²) in [5, 5.41) is 19.5. The largest absolute Gasteiger partial charge is 0.354 e. The van der Waals surface area contributed by atoms with Crippen LogP contribution in [0.4, 0.5) is 15.7 Å². The molecule has 2 amide bonds. The number of fused-ring (bicyclic) bond motifs is 1. The van der Waals surface area contributed by atoms with Gasteiger partial charge in [0, 0.05) is 42.5 Å². The van der Waals surface area contributed by atoms with E-state index in [2.05, 4.69) is 30.7 Å². The summed E-state index contributed by atoms with van der Waals surface area (Å²) in [5.41, 5.74) is 0.800. The van der Waals surface area contributed by atoms with Crippen molar-refractivity contribution in [2.45, 2.75) is 25.7 Å². The van der Waals surface area contributed by atoms with Crippen molar-refractivity contribution >= 4 is 34.0 Å². The van der Waals surface area contributed by atoms with Crippen LogP contribution < -0.4 is 15.5 Å². The third-order valence-electron chi connectivity index (χ3n) is 4.89.